The summed E-state index contributed by atoms with van der Waals surface area (Å²) in [4.78, 5) is 0. The summed E-state index contributed by atoms with van der Waals surface area (Å²) < 4.78 is 11.9. The van der Waals surface area contributed by atoms with Crippen LogP contribution in [-0.4, -0.2) is 21.8 Å². The molecule has 0 bridgehead atoms. The van der Waals surface area contributed by atoms with Gasteiger partial charge < -0.3 is 8.85 Å². The van der Waals surface area contributed by atoms with Crippen LogP contribution >= 0.6 is 0 Å². The zero-order chi connectivity index (χ0) is 16.5. The number of rotatable bonds is 16. The lowest BCUT2D eigenvalue weighted by molar-refractivity contribution is 0.191. The third-order valence-electron chi connectivity index (χ3n) is 3.87. The van der Waals surface area contributed by atoms with Crippen LogP contribution < -0.4 is 0 Å². The van der Waals surface area contributed by atoms with Crippen LogP contribution in [0.4, 0.5) is 0 Å². The van der Waals surface area contributed by atoms with Crippen molar-refractivity contribution in [1.82, 2.24) is 0 Å². The Labute approximate surface area is 140 Å². The molecular formula is C19H40O2Si. The third kappa shape index (κ3) is 16.3. The molecule has 0 N–H and O–H groups in total. The summed E-state index contributed by atoms with van der Waals surface area (Å²) in [5, 5.41) is 0. The van der Waals surface area contributed by atoms with Crippen molar-refractivity contribution in [3.8, 4) is 0 Å². The monoisotopic (exact) mass is 328 g/mol. The Kier molecular flexibility index (Phi) is 15.7. The van der Waals surface area contributed by atoms with Crippen LogP contribution in [0.5, 0.6) is 0 Å². The maximum absolute atomic E-state index is 5.94. The van der Waals surface area contributed by atoms with E-state index in [9.17, 15) is 0 Å². The normalized spacial score (nSPS) is 12.4. The van der Waals surface area contributed by atoms with E-state index in [1.165, 1.54) is 70.6 Å². The molecule has 0 aromatic carbocycles. The summed E-state index contributed by atoms with van der Waals surface area (Å²) in [5.41, 5.74) is 0. The Morgan fingerprint density at radius 1 is 0.682 bits per heavy atom. The summed E-state index contributed by atoms with van der Waals surface area (Å²) in [6.45, 7) is 10.4. The molecule has 3 heteroatoms. The van der Waals surface area contributed by atoms with Crippen LogP contribution in [0.1, 0.15) is 84.5 Å². The minimum absolute atomic E-state index is 0.712. The third-order valence-corrected chi connectivity index (χ3v) is 5.63. The second-order valence-electron chi connectivity index (χ2n) is 6.65. The van der Waals surface area contributed by atoms with Crippen molar-refractivity contribution in [2.24, 2.45) is 0 Å². The predicted octanol–water partition coefficient (Wildman–Crippen LogP) is 6.61. The zero-order valence-corrected chi connectivity index (χ0v) is 16.7. The van der Waals surface area contributed by atoms with Gasteiger partial charge in [-0.05, 0) is 32.4 Å². The fourth-order valence-electron chi connectivity index (χ4n) is 2.37. The molecule has 0 radical (unpaired) electrons. The summed E-state index contributed by atoms with van der Waals surface area (Å²) in [6.07, 6.45) is 18.9. The van der Waals surface area contributed by atoms with Gasteiger partial charge in [-0.25, -0.2) is 0 Å². The zero-order valence-electron chi connectivity index (χ0n) is 15.7. The lowest BCUT2D eigenvalue weighted by Crippen LogP contribution is -2.35. The highest BCUT2D eigenvalue weighted by atomic mass is 28.4. The number of hydrogen-bond acceptors (Lipinski definition) is 2. The van der Waals surface area contributed by atoms with Crippen LogP contribution in [0, 0.1) is 0 Å². The first-order chi connectivity index (χ1) is 10.6. The first-order valence-electron chi connectivity index (χ1n) is 9.55. The average Bonchev–Trinajstić information content (AvgIpc) is 2.49. The molecule has 0 saturated heterocycles. The van der Waals surface area contributed by atoms with E-state index in [4.69, 9.17) is 8.85 Å². The van der Waals surface area contributed by atoms with Gasteiger partial charge in [0.05, 0.1) is 6.61 Å². The summed E-state index contributed by atoms with van der Waals surface area (Å²) in [5.74, 6) is 0. The highest BCUT2D eigenvalue weighted by Crippen LogP contribution is 2.10. The molecule has 2 nitrogen and oxygen atoms in total. The van der Waals surface area contributed by atoms with Crippen molar-refractivity contribution >= 4 is 8.56 Å². The Morgan fingerprint density at radius 2 is 1.27 bits per heavy atom. The van der Waals surface area contributed by atoms with E-state index in [1.807, 2.05) is 0 Å². The topological polar surface area (TPSA) is 18.5 Å². The molecule has 0 heterocycles. The summed E-state index contributed by atoms with van der Waals surface area (Å²) in [7, 11) is -1.91. The van der Waals surface area contributed by atoms with E-state index >= 15 is 0 Å². The van der Waals surface area contributed by atoms with Gasteiger partial charge in [0, 0.05) is 6.61 Å². The van der Waals surface area contributed by atoms with Crippen molar-refractivity contribution in [1.29, 1.82) is 0 Å². The molecule has 0 aromatic rings. The van der Waals surface area contributed by atoms with Gasteiger partial charge in [-0.15, -0.1) is 0 Å². The lowest BCUT2D eigenvalue weighted by Gasteiger charge is -2.22. The lowest BCUT2D eigenvalue weighted by atomic mass is 10.1. The van der Waals surface area contributed by atoms with Crippen molar-refractivity contribution in [3.63, 3.8) is 0 Å². The average molecular weight is 329 g/mol. The molecule has 0 spiro atoms. The van der Waals surface area contributed by atoms with Gasteiger partial charge in [0.25, 0.3) is 0 Å². The highest BCUT2D eigenvalue weighted by molar-refractivity contribution is 6.64. The molecule has 0 aliphatic heterocycles. The van der Waals surface area contributed by atoms with E-state index < -0.39 is 8.56 Å². The quantitative estimate of drug-likeness (QED) is 0.180. The fourth-order valence-corrected chi connectivity index (χ4v) is 3.58. The second kappa shape index (κ2) is 15.8. The van der Waals surface area contributed by atoms with Crippen LogP contribution in [0.15, 0.2) is 12.2 Å². The van der Waals surface area contributed by atoms with Gasteiger partial charge in [0.2, 0.25) is 0 Å². The molecule has 0 fully saturated rings. The second-order valence-corrected chi connectivity index (χ2v) is 10.0. The van der Waals surface area contributed by atoms with Gasteiger partial charge in [-0.2, -0.15) is 0 Å². The molecule has 22 heavy (non-hydrogen) atoms. The van der Waals surface area contributed by atoms with E-state index in [0.29, 0.717) is 6.61 Å². The molecule has 0 aliphatic carbocycles. The van der Waals surface area contributed by atoms with Crippen molar-refractivity contribution in [2.75, 3.05) is 13.2 Å². The minimum atomic E-state index is -1.91. The van der Waals surface area contributed by atoms with Gasteiger partial charge in [-0.3, -0.25) is 0 Å². The molecule has 132 valence electrons. The van der Waals surface area contributed by atoms with E-state index in [1.54, 1.807) is 0 Å². The standard InChI is InChI=1S/C19H40O2Si/c1-5-7-9-11-12-13-14-15-17-19-21-22(3,4)20-18-16-10-8-6-2/h15,17H,5-14,16,18-19H2,1-4H3/b17-15+. The predicted molar refractivity (Wildman–Crippen MR) is 101 cm³/mol. The van der Waals surface area contributed by atoms with E-state index in [2.05, 4.69) is 39.1 Å². The molecule has 0 saturated carbocycles. The minimum Gasteiger partial charge on any atom is -0.395 e. The van der Waals surface area contributed by atoms with Gasteiger partial charge >= 0.3 is 8.56 Å². The summed E-state index contributed by atoms with van der Waals surface area (Å²) in [6, 6.07) is 0. The largest absolute Gasteiger partial charge is 0.395 e. The van der Waals surface area contributed by atoms with Crippen molar-refractivity contribution in [2.45, 2.75) is 97.6 Å². The SMILES string of the molecule is CCCCCCCC/C=C/CO[Si](C)(C)OCCCCCC. The van der Waals surface area contributed by atoms with Gasteiger partial charge in [0.1, 0.15) is 0 Å². The molecule has 0 aromatic heterocycles. The Balaban J connectivity index is 3.44. The Morgan fingerprint density at radius 3 is 1.95 bits per heavy atom. The van der Waals surface area contributed by atoms with Crippen molar-refractivity contribution in [3.05, 3.63) is 12.2 Å². The van der Waals surface area contributed by atoms with E-state index in [-0.39, 0.29) is 0 Å². The van der Waals surface area contributed by atoms with Crippen molar-refractivity contribution < 1.29 is 8.85 Å². The summed E-state index contributed by atoms with van der Waals surface area (Å²) >= 11 is 0. The number of hydrogen-bond donors (Lipinski definition) is 0. The van der Waals surface area contributed by atoms with Gasteiger partial charge in [-0.1, -0.05) is 77.4 Å². The molecule has 0 aliphatic rings. The molecular weight excluding hydrogens is 288 g/mol. The first kappa shape index (κ1) is 21.9. The Hall–Kier alpha value is -0.123. The molecule has 0 unspecified atom stereocenters. The van der Waals surface area contributed by atoms with Gasteiger partial charge in [0.15, 0.2) is 0 Å². The first-order valence-corrected chi connectivity index (χ1v) is 12.4. The van der Waals surface area contributed by atoms with Crippen LogP contribution in [0.3, 0.4) is 0 Å². The fraction of sp³-hybridized carbons (Fsp3) is 0.895. The maximum atomic E-state index is 5.94. The molecule has 0 rings (SSSR count). The van der Waals surface area contributed by atoms with Crippen LogP contribution in [-0.2, 0) is 8.85 Å². The van der Waals surface area contributed by atoms with Crippen LogP contribution in [0.25, 0.3) is 0 Å². The highest BCUT2D eigenvalue weighted by Gasteiger charge is 2.23. The maximum Gasteiger partial charge on any atom is 0.331 e. The Bertz CT molecular complexity index is 252. The molecule has 0 amide bonds. The van der Waals surface area contributed by atoms with Crippen LogP contribution in [0.2, 0.25) is 13.1 Å². The molecule has 0 atom stereocenters. The number of allylic oxidation sites excluding steroid dienone is 1. The number of unbranched alkanes of at least 4 members (excludes halogenated alkanes) is 9. The van der Waals surface area contributed by atoms with E-state index in [0.717, 1.165) is 6.61 Å². The smallest absolute Gasteiger partial charge is 0.331 e.